The maximum atomic E-state index is 12.7. The summed E-state index contributed by atoms with van der Waals surface area (Å²) in [7, 11) is 0. The summed E-state index contributed by atoms with van der Waals surface area (Å²) in [6, 6.07) is 4.76. The number of aliphatic hydroxyl groups is 1. The van der Waals surface area contributed by atoms with E-state index >= 15 is 0 Å². The summed E-state index contributed by atoms with van der Waals surface area (Å²) in [4.78, 5) is 26.9. The van der Waals surface area contributed by atoms with Crippen LogP contribution < -0.4 is 20.1 Å². The van der Waals surface area contributed by atoms with Crippen LogP contribution in [0.5, 0.6) is 11.5 Å². The van der Waals surface area contributed by atoms with Gasteiger partial charge in [0.1, 0.15) is 6.10 Å². The second-order valence-corrected chi connectivity index (χ2v) is 8.23. The quantitative estimate of drug-likeness (QED) is 0.503. The fourth-order valence-electron chi connectivity index (χ4n) is 4.19. The zero-order chi connectivity index (χ0) is 22.3. The van der Waals surface area contributed by atoms with Crippen LogP contribution in [0, 0.1) is 0 Å². The number of morpholine rings is 1. The lowest BCUT2D eigenvalue weighted by Gasteiger charge is -2.36. The third kappa shape index (κ3) is 5.89. The third-order valence-electron chi connectivity index (χ3n) is 6.01. The molecule has 0 saturated carbocycles. The number of carbonyl (C=O) groups is 2. The lowest BCUT2D eigenvalue weighted by molar-refractivity contribution is -0.123. The number of hydrogen-bond acceptors (Lipinski definition) is 8. The van der Waals surface area contributed by atoms with Gasteiger partial charge in [0.25, 0.3) is 5.91 Å². The fourth-order valence-corrected chi connectivity index (χ4v) is 4.19. The number of amides is 2. The Kier molecular flexibility index (Phi) is 7.80. The first-order valence-corrected chi connectivity index (χ1v) is 11.2. The van der Waals surface area contributed by atoms with Gasteiger partial charge in [-0.05, 0) is 37.5 Å². The van der Waals surface area contributed by atoms with Crippen molar-refractivity contribution >= 4 is 11.8 Å². The third-order valence-corrected chi connectivity index (χ3v) is 6.01. The van der Waals surface area contributed by atoms with Gasteiger partial charge >= 0.3 is 0 Å². The Hall–Kier alpha value is -2.40. The van der Waals surface area contributed by atoms with Crippen molar-refractivity contribution in [3.8, 4) is 11.5 Å². The minimum atomic E-state index is -0.490. The van der Waals surface area contributed by atoms with Crippen LogP contribution in [0.1, 0.15) is 29.6 Å². The molecule has 3 heterocycles. The number of carbonyl (C=O) groups excluding carboxylic acids is 2. The molecule has 32 heavy (non-hydrogen) atoms. The molecule has 0 unspecified atom stereocenters. The second-order valence-electron chi connectivity index (χ2n) is 8.23. The molecular formula is C22H31N3O7. The maximum Gasteiger partial charge on any atom is 0.251 e. The Balaban J connectivity index is 1.19. The molecule has 2 amide bonds. The van der Waals surface area contributed by atoms with E-state index in [-0.39, 0.29) is 37.4 Å². The highest BCUT2D eigenvalue weighted by Crippen LogP contribution is 2.32. The number of benzene rings is 1. The summed E-state index contributed by atoms with van der Waals surface area (Å²) in [5, 5.41) is 15.7. The smallest absolute Gasteiger partial charge is 0.251 e. The van der Waals surface area contributed by atoms with Crippen molar-refractivity contribution in [1.29, 1.82) is 0 Å². The number of nitrogens with zero attached hydrogens (tertiary/aromatic N) is 1. The average molecular weight is 450 g/mol. The summed E-state index contributed by atoms with van der Waals surface area (Å²) in [5.74, 6) is 0.919. The summed E-state index contributed by atoms with van der Waals surface area (Å²) in [6.07, 6.45) is 1.52. The van der Waals surface area contributed by atoms with Crippen LogP contribution in [0.15, 0.2) is 18.2 Å². The summed E-state index contributed by atoms with van der Waals surface area (Å²) in [5.41, 5.74) is 0.469. The molecule has 1 aromatic rings. The molecule has 3 aliphatic heterocycles. The zero-order valence-corrected chi connectivity index (χ0v) is 18.1. The minimum Gasteiger partial charge on any atom is -0.454 e. The second kappa shape index (κ2) is 11.0. The number of hydrogen-bond donors (Lipinski definition) is 3. The first-order chi connectivity index (χ1) is 15.6. The molecule has 2 saturated heterocycles. The zero-order valence-electron chi connectivity index (χ0n) is 18.1. The summed E-state index contributed by atoms with van der Waals surface area (Å²) in [6.45, 7) is 3.73. The van der Waals surface area contributed by atoms with Gasteiger partial charge in [-0.25, -0.2) is 0 Å². The molecule has 10 heteroatoms. The van der Waals surface area contributed by atoms with E-state index < -0.39 is 6.10 Å². The lowest BCUT2D eigenvalue weighted by atomic mass is 9.96. The Morgan fingerprint density at radius 3 is 2.75 bits per heavy atom. The van der Waals surface area contributed by atoms with E-state index in [9.17, 15) is 14.7 Å². The predicted octanol–water partition coefficient (Wildman–Crippen LogP) is -0.108. The minimum absolute atomic E-state index is 0.00437. The molecule has 1 aromatic carbocycles. The first kappa shape index (κ1) is 22.8. The fraction of sp³-hybridized carbons (Fsp3) is 0.636. The van der Waals surface area contributed by atoms with E-state index in [1.54, 1.807) is 18.2 Å². The van der Waals surface area contributed by atoms with E-state index in [2.05, 4.69) is 15.5 Å². The van der Waals surface area contributed by atoms with Crippen molar-refractivity contribution in [2.24, 2.45) is 0 Å². The van der Waals surface area contributed by atoms with Crippen LogP contribution in [0.3, 0.4) is 0 Å². The van der Waals surface area contributed by atoms with Crippen molar-refractivity contribution in [2.45, 2.75) is 37.5 Å². The molecule has 2 fully saturated rings. The molecule has 0 aromatic heterocycles. The van der Waals surface area contributed by atoms with Crippen molar-refractivity contribution in [2.75, 3.05) is 52.8 Å². The van der Waals surface area contributed by atoms with E-state index in [1.807, 2.05) is 0 Å². The van der Waals surface area contributed by atoms with Gasteiger partial charge in [-0.15, -0.1) is 0 Å². The van der Waals surface area contributed by atoms with E-state index in [0.29, 0.717) is 56.2 Å². The lowest BCUT2D eigenvalue weighted by Crippen LogP contribution is -2.51. The molecule has 3 atom stereocenters. The molecule has 3 N–H and O–H groups in total. The van der Waals surface area contributed by atoms with Gasteiger partial charge in [0.15, 0.2) is 11.5 Å². The standard InChI is InChI=1S/C22H31N3O7/c26-13-20-17(24-22(28)15-1-4-18-19(11-15)31-14-30-18)3-2-16(32-20)5-6-23-21(27)12-25-7-9-29-10-8-25/h1,4,11,16-17,20,26H,2-3,5-10,12-14H2,(H,23,27)(H,24,28)/t16-,17-,20-/m1/s1. The van der Waals surface area contributed by atoms with Gasteiger partial charge in [-0.2, -0.15) is 0 Å². The van der Waals surface area contributed by atoms with E-state index in [1.165, 1.54) is 0 Å². The highest BCUT2D eigenvalue weighted by molar-refractivity contribution is 5.95. The van der Waals surface area contributed by atoms with Crippen molar-refractivity contribution in [3.63, 3.8) is 0 Å². The van der Waals surface area contributed by atoms with Crippen molar-refractivity contribution < 1.29 is 33.6 Å². The number of ether oxygens (including phenoxy) is 4. The van der Waals surface area contributed by atoms with Crippen molar-refractivity contribution in [1.82, 2.24) is 15.5 Å². The van der Waals surface area contributed by atoms with E-state index in [0.717, 1.165) is 19.5 Å². The van der Waals surface area contributed by atoms with Gasteiger partial charge < -0.3 is 34.7 Å². The van der Waals surface area contributed by atoms with Gasteiger partial charge in [0, 0.05) is 25.2 Å². The molecule has 0 radical (unpaired) electrons. The van der Waals surface area contributed by atoms with Crippen LogP contribution in [0.25, 0.3) is 0 Å². The van der Waals surface area contributed by atoms with Crippen LogP contribution in [-0.4, -0.2) is 92.9 Å². The normalized spacial score (nSPS) is 25.3. The van der Waals surface area contributed by atoms with Crippen LogP contribution >= 0.6 is 0 Å². The van der Waals surface area contributed by atoms with Gasteiger partial charge in [0.05, 0.1) is 38.5 Å². The molecule has 0 bridgehead atoms. The Bertz CT molecular complexity index is 800. The van der Waals surface area contributed by atoms with Crippen LogP contribution in [-0.2, 0) is 14.3 Å². The topological polar surface area (TPSA) is 119 Å². The SMILES string of the molecule is O=C(CN1CCOCC1)NCC[C@H]1CC[C@@H](NC(=O)c2ccc3c(c2)OCO3)[C@@H](CO)O1. The predicted molar refractivity (Wildman–Crippen MR) is 114 cm³/mol. The number of nitrogens with one attached hydrogen (secondary N) is 2. The molecule has 10 nitrogen and oxygen atoms in total. The summed E-state index contributed by atoms with van der Waals surface area (Å²) < 4.78 is 21.9. The molecule has 0 spiro atoms. The van der Waals surface area contributed by atoms with Gasteiger partial charge in [0.2, 0.25) is 12.7 Å². The highest BCUT2D eigenvalue weighted by Gasteiger charge is 2.32. The Labute approximate surface area is 187 Å². The largest absolute Gasteiger partial charge is 0.454 e. The molecule has 3 aliphatic rings. The Morgan fingerprint density at radius 1 is 1.12 bits per heavy atom. The highest BCUT2D eigenvalue weighted by atomic mass is 16.7. The summed E-state index contributed by atoms with van der Waals surface area (Å²) >= 11 is 0. The average Bonchev–Trinajstić information content (AvgIpc) is 3.28. The van der Waals surface area contributed by atoms with Crippen LogP contribution in [0.2, 0.25) is 0 Å². The van der Waals surface area contributed by atoms with Gasteiger partial charge in [-0.1, -0.05) is 0 Å². The monoisotopic (exact) mass is 449 g/mol. The number of aliphatic hydroxyl groups excluding tert-OH is 1. The first-order valence-electron chi connectivity index (χ1n) is 11.2. The van der Waals surface area contributed by atoms with Crippen LogP contribution in [0.4, 0.5) is 0 Å². The molecule has 0 aliphatic carbocycles. The van der Waals surface area contributed by atoms with E-state index in [4.69, 9.17) is 18.9 Å². The number of rotatable bonds is 8. The molecule has 4 rings (SSSR count). The molecular weight excluding hydrogens is 418 g/mol. The van der Waals surface area contributed by atoms with Crippen molar-refractivity contribution in [3.05, 3.63) is 23.8 Å². The molecule has 176 valence electrons. The van der Waals surface area contributed by atoms with Gasteiger partial charge in [-0.3, -0.25) is 14.5 Å². The maximum absolute atomic E-state index is 12.7. The number of fused-ring (bicyclic) bond motifs is 1. The Morgan fingerprint density at radius 2 is 1.94 bits per heavy atom.